The molecular weight excluding hydrogens is 386 g/mol. The molecule has 0 spiro atoms. The van der Waals surface area contributed by atoms with Gasteiger partial charge in [0, 0.05) is 34.9 Å². The second-order valence-electron chi connectivity index (χ2n) is 8.70. The first kappa shape index (κ1) is 21.3. The van der Waals surface area contributed by atoms with Gasteiger partial charge in [0.2, 0.25) is 5.95 Å². The first-order valence-electron chi connectivity index (χ1n) is 9.34. The van der Waals surface area contributed by atoms with Gasteiger partial charge >= 0.3 is 0 Å². The van der Waals surface area contributed by atoms with Crippen LogP contribution in [0.15, 0.2) is 18.3 Å². The normalized spacial score (nSPS) is 19.2. The number of benzene rings is 1. The molecule has 1 aromatic carbocycles. The zero-order valence-corrected chi connectivity index (χ0v) is 17.1. The number of hydrogen-bond acceptors (Lipinski definition) is 5. The number of likely N-dealkylation sites (tertiary alicyclic amines) is 1. The fourth-order valence-corrected chi connectivity index (χ4v) is 3.95. The molecule has 2 N–H and O–H groups in total. The first-order valence-corrected chi connectivity index (χ1v) is 9.34. The molecule has 9 heteroatoms. The van der Waals surface area contributed by atoms with E-state index in [0.717, 1.165) is 31.2 Å². The standard InChI is InChI=1S/C20H25F4N5/c1-19(2)8-12(9-20(3,4)29(19)5)26-17-15(23)10-25-18(28-17)27-11-6-13(21)16(24)14(22)7-11/h6-7,10,12H,8-9H2,1-5H3,(H2,25,26,27,28). The highest BCUT2D eigenvalue weighted by molar-refractivity contribution is 5.55. The number of anilines is 3. The highest BCUT2D eigenvalue weighted by atomic mass is 19.2. The minimum Gasteiger partial charge on any atom is -0.365 e. The minimum absolute atomic E-state index is 0.00768. The molecule has 1 aromatic heterocycles. The smallest absolute Gasteiger partial charge is 0.229 e. The number of piperidine rings is 1. The molecule has 0 bridgehead atoms. The molecule has 0 atom stereocenters. The Morgan fingerprint density at radius 3 is 2.07 bits per heavy atom. The summed E-state index contributed by atoms with van der Waals surface area (Å²) in [6.07, 6.45) is 2.51. The second kappa shape index (κ2) is 7.44. The van der Waals surface area contributed by atoms with Crippen molar-refractivity contribution in [3.05, 3.63) is 41.6 Å². The summed E-state index contributed by atoms with van der Waals surface area (Å²) in [7, 11) is 2.07. The molecule has 2 aromatic rings. The van der Waals surface area contributed by atoms with Crippen LogP contribution in [0.1, 0.15) is 40.5 Å². The van der Waals surface area contributed by atoms with Gasteiger partial charge in [-0.05, 0) is 47.6 Å². The average molecular weight is 411 g/mol. The van der Waals surface area contributed by atoms with Gasteiger partial charge in [0.1, 0.15) is 0 Å². The topological polar surface area (TPSA) is 53.1 Å². The third-order valence-electron chi connectivity index (χ3n) is 5.63. The number of halogens is 4. The van der Waals surface area contributed by atoms with Gasteiger partial charge in [-0.3, -0.25) is 4.90 Å². The first-order chi connectivity index (χ1) is 13.4. The van der Waals surface area contributed by atoms with Crippen LogP contribution in [-0.4, -0.2) is 39.0 Å². The molecule has 29 heavy (non-hydrogen) atoms. The van der Waals surface area contributed by atoms with E-state index in [2.05, 4.69) is 60.2 Å². The van der Waals surface area contributed by atoms with Crippen LogP contribution in [0.2, 0.25) is 0 Å². The molecule has 5 nitrogen and oxygen atoms in total. The zero-order valence-electron chi connectivity index (χ0n) is 17.1. The Labute approximate surface area is 167 Å². The van der Waals surface area contributed by atoms with Crippen molar-refractivity contribution in [2.75, 3.05) is 17.7 Å². The van der Waals surface area contributed by atoms with Crippen LogP contribution in [0, 0.1) is 23.3 Å². The fourth-order valence-electron chi connectivity index (χ4n) is 3.95. The molecule has 2 heterocycles. The van der Waals surface area contributed by atoms with Crippen molar-refractivity contribution in [1.82, 2.24) is 14.9 Å². The van der Waals surface area contributed by atoms with Crippen molar-refractivity contribution in [3.63, 3.8) is 0 Å². The Balaban J connectivity index is 1.81. The Morgan fingerprint density at radius 1 is 0.966 bits per heavy atom. The van der Waals surface area contributed by atoms with Gasteiger partial charge in [-0.1, -0.05) is 0 Å². The lowest BCUT2D eigenvalue weighted by Crippen LogP contribution is -2.61. The molecule has 0 aliphatic carbocycles. The average Bonchev–Trinajstić information content (AvgIpc) is 2.60. The molecule has 0 saturated carbocycles. The van der Waals surface area contributed by atoms with Crippen LogP contribution in [0.25, 0.3) is 0 Å². The lowest BCUT2D eigenvalue weighted by atomic mass is 9.77. The quantitative estimate of drug-likeness (QED) is 0.557. The van der Waals surface area contributed by atoms with Gasteiger partial charge in [0.15, 0.2) is 29.1 Å². The Morgan fingerprint density at radius 2 is 1.52 bits per heavy atom. The maximum Gasteiger partial charge on any atom is 0.229 e. The zero-order chi connectivity index (χ0) is 21.6. The van der Waals surface area contributed by atoms with E-state index in [9.17, 15) is 17.6 Å². The minimum atomic E-state index is -1.56. The highest BCUT2D eigenvalue weighted by Crippen LogP contribution is 2.38. The third kappa shape index (κ3) is 4.44. The van der Waals surface area contributed by atoms with E-state index in [1.165, 1.54) is 0 Å². The number of aromatic nitrogens is 2. The summed E-state index contributed by atoms with van der Waals surface area (Å²) in [5.41, 5.74) is -0.291. The van der Waals surface area contributed by atoms with E-state index >= 15 is 0 Å². The molecule has 0 radical (unpaired) electrons. The monoisotopic (exact) mass is 411 g/mol. The summed E-state index contributed by atoms with van der Waals surface area (Å²) in [5.74, 6) is -4.96. The van der Waals surface area contributed by atoms with E-state index in [-0.39, 0.29) is 34.6 Å². The number of rotatable bonds is 4. The van der Waals surface area contributed by atoms with E-state index < -0.39 is 23.3 Å². The van der Waals surface area contributed by atoms with Crippen LogP contribution in [0.3, 0.4) is 0 Å². The maximum absolute atomic E-state index is 14.3. The van der Waals surface area contributed by atoms with Crippen LogP contribution in [0.5, 0.6) is 0 Å². The van der Waals surface area contributed by atoms with Crippen molar-refractivity contribution in [2.24, 2.45) is 0 Å². The lowest BCUT2D eigenvalue weighted by molar-refractivity contribution is -0.00778. The number of nitrogens with one attached hydrogen (secondary N) is 2. The van der Waals surface area contributed by atoms with Gasteiger partial charge in [-0.15, -0.1) is 0 Å². The van der Waals surface area contributed by atoms with Gasteiger partial charge in [-0.2, -0.15) is 4.98 Å². The van der Waals surface area contributed by atoms with Crippen molar-refractivity contribution in [2.45, 2.75) is 57.7 Å². The molecule has 1 aliphatic heterocycles. The third-order valence-corrected chi connectivity index (χ3v) is 5.63. The van der Waals surface area contributed by atoms with Gasteiger partial charge in [-0.25, -0.2) is 22.5 Å². The molecule has 1 fully saturated rings. The molecular formula is C20H25F4N5. The van der Waals surface area contributed by atoms with Gasteiger partial charge < -0.3 is 10.6 Å². The molecule has 0 amide bonds. The van der Waals surface area contributed by atoms with E-state index in [1.807, 2.05) is 0 Å². The number of hydrogen-bond donors (Lipinski definition) is 2. The van der Waals surface area contributed by atoms with Crippen molar-refractivity contribution in [3.8, 4) is 0 Å². The SMILES string of the molecule is CN1C(C)(C)CC(Nc2nc(Nc3cc(F)c(F)c(F)c3)ncc2F)CC1(C)C. The van der Waals surface area contributed by atoms with Gasteiger partial charge in [0.25, 0.3) is 0 Å². The Bertz CT molecular complexity index is 875. The molecule has 158 valence electrons. The van der Waals surface area contributed by atoms with Crippen molar-refractivity contribution in [1.29, 1.82) is 0 Å². The van der Waals surface area contributed by atoms with Crippen LogP contribution in [0.4, 0.5) is 35.0 Å². The van der Waals surface area contributed by atoms with Crippen LogP contribution >= 0.6 is 0 Å². The second-order valence-corrected chi connectivity index (χ2v) is 8.70. The summed E-state index contributed by atoms with van der Waals surface area (Å²) in [6, 6.07) is 1.52. The lowest BCUT2D eigenvalue weighted by Gasteiger charge is -2.53. The van der Waals surface area contributed by atoms with E-state index in [1.54, 1.807) is 0 Å². The predicted molar refractivity (Wildman–Crippen MR) is 104 cm³/mol. The summed E-state index contributed by atoms with van der Waals surface area (Å²) in [4.78, 5) is 10.2. The predicted octanol–water partition coefficient (Wildman–Crippen LogP) is 4.84. The highest BCUT2D eigenvalue weighted by Gasteiger charge is 2.43. The maximum atomic E-state index is 14.3. The summed E-state index contributed by atoms with van der Waals surface area (Å²) in [6.45, 7) is 8.51. The summed E-state index contributed by atoms with van der Waals surface area (Å²) in [5, 5.41) is 5.71. The Kier molecular flexibility index (Phi) is 5.46. The van der Waals surface area contributed by atoms with E-state index in [0.29, 0.717) is 0 Å². The Hall–Kier alpha value is -2.42. The van der Waals surface area contributed by atoms with Crippen molar-refractivity contribution >= 4 is 17.5 Å². The van der Waals surface area contributed by atoms with Crippen molar-refractivity contribution < 1.29 is 17.6 Å². The summed E-state index contributed by atoms with van der Waals surface area (Å²) >= 11 is 0. The van der Waals surface area contributed by atoms with Crippen LogP contribution < -0.4 is 10.6 Å². The molecule has 3 rings (SSSR count). The number of nitrogens with zero attached hydrogens (tertiary/aromatic N) is 3. The van der Waals surface area contributed by atoms with Crippen LogP contribution in [-0.2, 0) is 0 Å². The molecule has 0 unspecified atom stereocenters. The molecule has 1 saturated heterocycles. The largest absolute Gasteiger partial charge is 0.365 e. The summed E-state index contributed by atoms with van der Waals surface area (Å²) < 4.78 is 54.2. The van der Waals surface area contributed by atoms with E-state index in [4.69, 9.17) is 0 Å². The van der Waals surface area contributed by atoms with Gasteiger partial charge in [0.05, 0.1) is 6.20 Å². The fraction of sp³-hybridized carbons (Fsp3) is 0.500. The molecule has 1 aliphatic rings.